The van der Waals surface area contributed by atoms with Crippen LogP contribution in [0.1, 0.15) is 37.0 Å². The summed E-state index contributed by atoms with van der Waals surface area (Å²) in [6.45, 7) is 3.90. The van der Waals surface area contributed by atoms with Crippen LogP contribution in [0.3, 0.4) is 0 Å². The molecule has 2 amide bonds. The van der Waals surface area contributed by atoms with Gasteiger partial charge in [-0.2, -0.15) is 0 Å². The molecule has 1 aromatic carbocycles. The number of rotatable bonds is 6. The summed E-state index contributed by atoms with van der Waals surface area (Å²) in [5.74, 6) is -2.90. The van der Waals surface area contributed by atoms with Crippen molar-refractivity contribution in [1.82, 2.24) is 10.9 Å². The van der Waals surface area contributed by atoms with Crippen molar-refractivity contribution in [3.05, 3.63) is 28.8 Å². The Hall–Kier alpha value is -3.23. The van der Waals surface area contributed by atoms with Crippen LogP contribution in [0.5, 0.6) is 17.2 Å². The average Bonchev–Trinajstić information content (AvgIpc) is 3.32. The molecule has 4 unspecified atom stereocenters. The van der Waals surface area contributed by atoms with Gasteiger partial charge in [0.2, 0.25) is 11.7 Å². The van der Waals surface area contributed by atoms with Gasteiger partial charge in [-0.25, -0.2) is 0 Å². The van der Waals surface area contributed by atoms with E-state index in [4.69, 9.17) is 14.2 Å². The zero-order valence-corrected chi connectivity index (χ0v) is 18.3. The van der Waals surface area contributed by atoms with E-state index in [1.807, 2.05) is 13.8 Å². The van der Waals surface area contributed by atoms with Crippen molar-refractivity contribution in [3.8, 4) is 17.2 Å². The predicted octanol–water partition coefficient (Wildman–Crippen LogP) is 2.17. The quantitative estimate of drug-likeness (QED) is 0.465. The molecule has 168 valence electrons. The molecule has 2 aliphatic rings. The van der Waals surface area contributed by atoms with Gasteiger partial charge in [-0.1, -0.05) is 11.1 Å². The first-order valence-electron chi connectivity index (χ1n) is 10.0. The summed E-state index contributed by atoms with van der Waals surface area (Å²) in [5.41, 5.74) is 7.12. The highest BCUT2D eigenvalue weighted by Crippen LogP contribution is 2.57. The average molecular weight is 432 g/mol. The fourth-order valence-electron chi connectivity index (χ4n) is 5.09. The number of benzene rings is 1. The van der Waals surface area contributed by atoms with E-state index in [1.54, 1.807) is 0 Å². The van der Waals surface area contributed by atoms with Crippen LogP contribution in [-0.2, 0) is 9.59 Å². The molecule has 0 aliphatic heterocycles. The number of allylic oxidation sites excluding steroid dienone is 2. The second-order valence-electron chi connectivity index (χ2n) is 7.99. The maximum absolute atomic E-state index is 12.9. The Labute approximate surface area is 180 Å². The fraction of sp³-hybridized carbons (Fsp3) is 0.500. The number of hydrogen-bond acceptors (Lipinski definition) is 6. The SMILES string of the molecule is COc1cc(C(=O)NNC(=O)C2C3CCC(C3=C(C)C)C2C(=O)O)cc(OC)c1OC. The van der Waals surface area contributed by atoms with E-state index in [9.17, 15) is 19.5 Å². The molecule has 0 saturated heterocycles. The smallest absolute Gasteiger partial charge is 0.307 e. The number of carboxylic acids is 1. The first kappa shape index (κ1) is 22.5. The molecule has 0 heterocycles. The van der Waals surface area contributed by atoms with Crippen molar-refractivity contribution >= 4 is 17.8 Å². The lowest BCUT2D eigenvalue weighted by Crippen LogP contribution is -2.48. The molecular formula is C22H28N2O7. The summed E-state index contributed by atoms with van der Waals surface area (Å²) in [5, 5.41) is 9.74. The molecule has 0 spiro atoms. The summed E-state index contributed by atoms with van der Waals surface area (Å²) < 4.78 is 15.7. The number of hydrogen-bond donors (Lipinski definition) is 3. The van der Waals surface area contributed by atoms with E-state index >= 15 is 0 Å². The van der Waals surface area contributed by atoms with E-state index in [0.717, 1.165) is 24.0 Å². The Morgan fingerprint density at radius 1 is 0.903 bits per heavy atom. The number of aliphatic carboxylic acids is 1. The normalized spacial score (nSPS) is 23.8. The number of ether oxygens (including phenoxy) is 3. The molecule has 31 heavy (non-hydrogen) atoms. The third-order valence-electron chi connectivity index (χ3n) is 6.23. The van der Waals surface area contributed by atoms with Crippen LogP contribution >= 0.6 is 0 Å². The van der Waals surface area contributed by atoms with Crippen molar-refractivity contribution in [2.45, 2.75) is 26.7 Å². The molecule has 9 heteroatoms. The number of carbonyl (C=O) groups is 3. The third kappa shape index (κ3) is 3.92. The van der Waals surface area contributed by atoms with Gasteiger partial charge >= 0.3 is 5.97 Å². The minimum Gasteiger partial charge on any atom is -0.493 e. The van der Waals surface area contributed by atoms with E-state index in [2.05, 4.69) is 10.9 Å². The van der Waals surface area contributed by atoms with Crippen LogP contribution in [0.15, 0.2) is 23.3 Å². The molecule has 2 fully saturated rings. The zero-order valence-electron chi connectivity index (χ0n) is 18.3. The molecule has 1 aromatic rings. The minimum atomic E-state index is -0.984. The van der Waals surface area contributed by atoms with Gasteiger partial charge in [0, 0.05) is 5.56 Å². The summed E-state index contributed by atoms with van der Waals surface area (Å²) in [6.07, 6.45) is 1.54. The molecule has 2 saturated carbocycles. The molecule has 9 nitrogen and oxygen atoms in total. The highest BCUT2D eigenvalue weighted by Gasteiger charge is 2.57. The topological polar surface area (TPSA) is 123 Å². The Kier molecular flexibility index (Phi) is 6.42. The Morgan fingerprint density at radius 2 is 1.45 bits per heavy atom. The predicted molar refractivity (Wildman–Crippen MR) is 111 cm³/mol. The standard InChI is InChI=1S/C22H28N2O7/c1-10(2)16-12-6-7-13(16)18(22(27)28)17(12)21(26)24-23-20(25)11-8-14(29-3)19(31-5)15(9-11)30-4/h8-9,12-13,17-18H,6-7H2,1-5H3,(H,23,25)(H,24,26)(H,27,28). The number of fused-ring (bicyclic) bond motifs is 2. The van der Waals surface area contributed by atoms with E-state index < -0.39 is 29.6 Å². The highest BCUT2D eigenvalue weighted by molar-refractivity contribution is 5.97. The van der Waals surface area contributed by atoms with Crippen molar-refractivity contribution < 1.29 is 33.7 Å². The third-order valence-corrected chi connectivity index (χ3v) is 6.23. The number of methoxy groups -OCH3 is 3. The maximum Gasteiger partial charge on any atom is 0.307 e. The molecule has 3 N–H and O–H groups in total. The van der Waals surface area contributed by atoms with Crippen molar-refractivity contribution in [1.29, 1.82) is 0 Å². The van der Waals surface area contributed by atoms with Crippen LogP contribution in [0.4, 0.5) is 0 Å². The van der Waals surface area contributed by atoms with Gasteiger partial charge in [-0.3, -0.25) is 25.2 Å². The second kappa shape index (κ2) is 8.87. The van der Waals surface area contributed by atoms with Crippen LogP contribution in [0.2, 0.25) is 0 Å². The number of nitrogens with one attached hydrogen (secondary N) is 2. The zero-order chi connectivity index (χ0) is 22.9. The van der Waals surface area contributed by atoms with E-state index in [-0.39, 0.29) is 17.4 Å². The molecular weight excluding hydrogens is 404 g/mol. The second-order valence-corrected chi connectivity index (χ2v) is 7.99. The maximum atomic E-state index is 12.9. The number of amides is 2. The molecule has 4 atom stereocenters. The van der Waals surface area contributed by atoms with Gasteiger partial charge < -0.3 is 19.3 Å². The summed E-state index contributed by atoms with van der Waals surface area (Å²) in [4.78, 5) is 37.5. The lowest BCUT2D eigenvalue weighted by molar-refractivity contribution is -0.149. The minimum absolute atomic E-state index is 0.117. The van der Waals surface area contributed by atoms with Crippen LogP contribution in [-0.4, -0.2) is 44.2 Å². The van der Waals surface area contributed by atoms with Crippen molar-refractivity contribution in [2.75, 3.05) is 21.3 Å². The molecule has 2 bridgehead atoms. The molecule has 2 aliphatic carbocycles. The summed E-state index contributed by atoms with van der Waals surface area (Å²) >= 11 is 0. The number of carbonyl (C=O) groups excluding carboxylic acids is 2. The molecule has 3 rings (SSSR count). The summed E-state index contributed by atoms with van der Waals surface area (Å²) in [7, 11) is 4.32. The molecule has 0 radical (unpaired) electrons. The van der Waals surface area contributed by atoms with Crippen molar-refractivity contribution in [3.63, 3.8) is 0 Å². The van der Waals surface area contributed by atoms with Crippen molar-refractivity contribution in [2.24, 2.45) is 23.7 Å². The van der Waals surface area contributed by atoms with Gasteiger partial charge in [0.05, 0.1) is 33.2 Å². The highest BCUT2D eigenvalue weighted by atomic mass is 16.5. The number of carboxylic acid groups (broad SMARTS) is 1. The lowest BCUT2D eigenvalue weighted by atomic mass is 9.79. The largest absolute Gasteiger partial charge is 0.493 e. The van der Waals surface area contributed by atoms with Gasteiger partial charge in [0.15, 0.2) is 11.5 Å². The Balaban J connectivity index is 1.77. The van der Waals surface area contributed by atoms with Gasteiger partial charge in [-0.15, -0.1) is 0 Å². The van der Waals surface area contributed by atoms with Gasteiger partial charge in [0.1, 0.15) is 0 Å². The first-order valence-corrected chi connectivity index (χ1v) is 10.0. The van der Waals surface area contributed by atoms with Crippen LogP contribution in [0.25, 0.3) is 0 Å². The van der Waals surface area contributed by atoms with Crippen LogP contribution < -0.4 is 25.1 Å². The van der Waals surface area contributed by atoms with Gasteiger partial charge in [-0.05, 0) is 50.7 Å². The van der Waals surface area contributed by atoms with E-state index in [0.29, 0.717) is 17.2 Å². The monoisotopic (exact) mass is 432 g/mol. The first-order chi connectivity index (χ1) is 14.7. The van der Waals surface area contributed by atoms with E-state index in [1.165, 1.54) is 33.5 Å². The Morgan fingerprint density at radius 3 is 1.90 bits per heavy atom. The lowest BCUT2D eigenvalue weighted by Gasteiger charge is -2.26. The van der Waals surface area contributed by atoms with Gasteiger partial charge in [0.25, 0.3) is 5.91 Å². The number of hydrazine groups is 1. The Bertz CT molecular complexity index is 911. The van der Waals surface area contributed by atoms with Crippen LogP contribution in [0, 0.1) is 23.7 Å². The molecule has 0 aromatic heterocycles. The summed E-state index contributed by atoms with van der Waals surface area (Å²) in [6, 6.07) is 2.92. The fourth-order valence-corrected chi connectivity index (χ4v) is 5.09.